The fourth-order valence-electron chi connectivity index (χ4n) is 8.76. The third-order valence-electron chi connectivity index (χ3n) is 12.6. The fourth-order valence-corrected chi connectivity index (χ4v) is 12.5. The van der Waals surface area contributed by atoms with E-state index in [4.69, 9.17) is 19.2 Å². The van der Waals surface area contributed by atoms with Gasteiger partial charge in [-0.3, -0.25) is 4.90 Å². The summed E-state index contributed by atoms with van der Waals surface area (Å²) >= 11 is 2.98. The summed E-state index contributed by atoms with van der Waals surface area (Å²) in [4.78, 5) is 43.9. The molecular formula is C51H51N8O8S4+. The van der Waals surface area contributed by atoms with E-state index in [0.717, 1.165) is 98.8 Å². The average Bonchev–Trinajstić information content (AvgIpc) is 3.97. The van der Waals surface area contributed by atoms with E-state index in [1.54, 1.807) is 42.6 Å². The van der Waals surface area contributed by atoms with Gasteiger partial charge in [0.15, 0.2) is 19.7 Å². The van der Waals surface area contributed by atoms with Gasteiger partial charge in [-0.25, -0.2) is 46.6 Å². The molecule has 6 heterocycles. The number of aromatic nitrogens is 6. The molecule has 4 aromatic carbocycles. The highest BCUT2D eigenvalue weighted by Crippen LogP contribution is 2.36. The minimum Gasteiger partial charge on any atom is -0.467 e. The SMILES string of the molecule is Cc1cc(C)nc(N2CCC(Oc3nc4ccc(-c5ccc(S(=O)(=O)CCCOC(=O)c6cnc(N7CCC(Oc8nc9ccc(-c%10ccc(S(C)(=O)=O)cc%10)cc9s8)CC7)[nH+]c6)cc5)cc4s3)CC2)n1. The number of piperidine rings is 2. The van der Waals surface area contributed by atoms with Gasteiger partial charge in [0.1, 0.15) is 24.0 Å². The van der Waals surface area contributed by atoms with Crippen molar-refractivity contribution >= 4 is 80.6 Å². The number of fused-ring (bicyclic) bond motifs is 2. The van der Waals surface area contributed by atoms with Crippen molar-refractivity contribution < 1.29 is 40.8 Å². The number of ether oxygens (including phenoxy) is 3. The van der Waals surface area contributed by atoms with Crippen LogP contribution in [0.15, 0.2) is 113 Å². The number of hydrogen-bond acceptors (Lipinski definition) is 17. The molecule has 0 saturated carbocycles. The molecule has 16 nitrogen and oxygen atoms in total. The predicted molar refractivity (Wildman–Crippen MR) is 274 cm³/mol. The zero-order valence-electron chi connectivity index (χ0n) is 39.3. The molecular weight excluding hydrogens is 981 g/mol. The van der Waals surface area contributed by atoms with Crippen LogP contribution in [0.3, 0.4) is 0 Å². The molecule has 0 bridgehead atoms. The molecule has 2 aliphatic rings. The molecule has 2 fully saturated rings. The highest BCUT2D eigenvalue weighted by molar-refractivity contribution is 7.91. The summed E-state index contributed by atoms with van der Waals surface area (Å²) in [7, 11) is -6.90. The largest absolute Gasteiger partial charge is 0.467 e. The number of sulfone groups is 2. The first-order chi connectivity index (χ1) is 34.2. The number of hydrogen-bond donors (Lipinski definition) is 0. The van der Waals surface area contributed by atoms with Gasteiger partial charge in [-0.1, -0.05) is 64.1 Å². The Morgan fingerprint density at radius 3 is 1.68 bits per heavy atom. The van der Waals surface area contributed by atoms with Gasteiger partial charge in [0.2, 0.25) is 5.95 Å². The Labute approximate surface area is 419 Å². The Morgan fingerprint density at radius 1 is 0.662 bits per heavy atom. The topological polar surface area (TPSA) is 198 Å². The second kappa shape index (κ2) is 20.2. The minimum atomic E-state index is -3.63. The molecule has 0 spiro atoms. The molecule has 2 saturated heterocycles. The molecule has 0 radical (unpaired) electrons. The first-order valence-electron chi connectivity index (χ1n) is 23.3. The lowest BCUT2D eigenvalue weighted by atomic mass is 10.1. The summed E-state index contributed by atoms with van der Waals surface area (Å²) in [6.07, 6.45) is 7.55. The minimum absolute atomic E-state index is 0.0281. The molecule has 10 rings (SSSR count). The van der Waals surface area contributed by atoms with Crippen LogP contribution in [-0.4, -0.2) is 105 Å². The number of benzene rings is 4. The number of H-pyrrole nitrogens is 1. The Bertz CT molecular complexity index is 3430. The van der Waals surface area contributed by atoms with E-state index < -0.39 is 25.6 Å². The van der Waals surface area contributed by atoms with Gasteiger partial charge in [-0.05, 0) is 97.1 Å². The second-order valence-corrected chi connectivity index (χ2v) is 24.0. The normalized spacial score (nSPS) is 15.1. The van der Waals surface area contributed by atoms with E-state index in [9.17, 15) is 21.6 Å². The number of carbonyl (C=O) groups is 1. The van der Waals surface area contributed by atoms with Gasteiger partial charge in [-0.2, -0.15) is 0 Å². The smallest absolute Gasteiger partial charge is 0.391 e. The van der Waals surface area contributed by atoms with Gasteiger partial charge in [0.25, 0.3) is 10.4 Å². The van der Waals surface area contributed by atoms with Crippen LogP contribution < -0.4 is 24.3 Å². The predicted octanol–water partition coefficient (Wildman–Crippen LogP) is 8.38. The van der Waals surface area contributed by atoms with Crippen LogP contribution in [0, 0.1) is 13.8 Å². The van der Waals surface area contributed by atoms with Crippen molar-refractivity contribution in [2.24, 2.45) is 0 Å². The molecule has 4 aromatic heterocycles. The van der Waals surface area contributed by atoms with E-state index in [1.807, 2.05) is 62.4 Å². The molecule has 366 valence electrons. The standard InChI is InChI=1S/C51H50N8O8S4/c1-32-27-33(2)55-49(54-32)59-23-19-40(20-24-59)67-51-57-44-16-10-37(29-46(44)69-51)35-7-13-42(14-8-35)71(63,64)26-4-25-65-47(60)38-30-52-48(53-31-38)58-21-17-39(18-22-58)66-50-56-43-15-9-36(28-45(43)68-50)34-5-11-41(12-6-34)70(3,61)62/h5-16,27-31,39-40H,4,17-26H2,1-3H3/p+1. The van der Waals surface area contributed by atoms with Crippen molar-refractivity contribution in [3.63, 3.8) is 0 Å². The summed E-state index contributed by atoms with van der Waals surface area (Å²) in [5, 5.41) is 1.23. The Morgan fingerprint density at radius 2 is 1.17 bits per heavy atom. The lowest BCUT2D eigenvalue weighted by Crippen LogP contribution is -2.41. The molecule has 0 atom stereocenters. The molecule has 0 unspecified atom stereocenters. The zero-order chi connectivity index (χ0) is 49.3. The number of anilines is 2. The maximum absolute atomic E-state index is 13.3. The zero-order valence-corrected chi connectivity index (χ0v) is 42.5. The number of aromatic amines is 1. The summed E-state index contributed by atoms with van der Waals surface area (Å²) in [6.45, 7) is 6.89. The second-order valence-electron chi connectivity index (χ2n) is 17.8. The van der Waals surface area contributed by atoms with E-state index in [2.05, 4.69) is 40.8 Å². The lowest BCUT2D eigenvalue weighted by molar-refractivity contribution is -0.368. The Kier molecular flexibility index (Phi) is 13.7. The first kappa shape index (κ1) is 48.0. The average molecular weight is 1030 g/mol. The monoisotopic (exact) mass is 1030 g/mol. The molecule has 0 amide bonds. The molecule has 0 aliphatic carbocycles. The quantitative estimate of drug-likeness (QED) is 0.0700. The van der Waals surface area contributed by atoms with Gasteiger partial charge >= 0.3 is 11.9 Å². The molecule has 8 aromatic rings. The van der Waals surface area contributed by atoms with E-state index in [0.29, 0.717) is 29.4 Å². The number of nitrogens with zero attached hydrogens (tertiary/aromatic N) is 7. The van der Waals surface area contributed by atoms with Crippen molar-refractivity contribution in [1.29, 1.82) is 0 Å². The molecule has 71 heavy (non-hydrogen) atoms. The van der Waals surface area contributed by atoms with E-state index in [1.165, 1.54) is 35.1 Å². The maximum atomic E-state index is 13.3. The van der Waals surface area contributed by atoms with Crippen LogP contribution in [0.2, 0.25) is 0 Å². The van der Waals surface area contributed by atoms with Crippen molar-refractivity contribution in [2.75, 3.05) is 54.6 Å². The number of carbonyl (C=O) groups excluding carboxylic acids is 1. The van der Waals surface area contributed by atoms with Gasteiger partial charge in [0, 0.05) is 56.4 Å². The molecule has 1 N–H and O–H groups in total. The summed E-state index contributed by atoms with van der Waals surface area (Å²) in [6, 6.07) is 27.6. The molecule has 20 heteroatoms. The van der Waals surface area contributed by atoms with E-state index >= 15 is 0 Å². The Hall–Kier alpha value is -6.61. The highest BCUT2D eigenvalue weighted by Gasteiger charge is 2.29. The maximum Gasteiger partial charge on any atom is 0.391 e. The highest BCUT2D eigenvalue weighted by atomic mass is 32.2. The third-order valence-corrected chi connectivity index (χ3v) is 17.3. The van der Waals surface area contributed by atoms with Crippen molar-refractivity contribution in [1.82, 2.24) is 24.9 Å². The van der Waals surface area contributed by atoms with Gasteiger partial charge < -0.3 is 19.1 Å². The fraction of sp³-hybridized carbons (Fsp3) is 0.314. The lowest BCUT2D eigenvalue weighted by Gasteiger charge is -2.31. The number of rotatable bonds is 15. The van der Waals surface area contributed by atoms with Crippen LogP contribution in [0.1, 0.15) is 53.8 Å². The molecule has 2 aliphatic heterocycles. The van der Waals surface area contributed by atoms with Crippen LogP contribution in [0.4, 0.5) is 11.9 Å². The number of thiazole rings is 2. The van der Waals surface area contributed by atoms with Gasteiger partial charge in [0.05, 0.1) is 61.9 Å². The van der Waals surface area contributed by atoms with Crippen molar-refractivity contribution in [3.05, 3.63) is 120 Å². The van der Waals surface area contributed by atoms with Crippen LogP contribution in [0.25, 0.3) is 42.7 Å². The van der Waals surface area contributed by atoms with Crippen LogP contribution in [-0.2, 0) is 24.4 Å². The van der Waals surface area contributed by atoms with E-state index in [-0.39, 0.29) is 46.3 Å². The third kappa shape index (κ3) is 11.3. The van der Waals surface area contributed by atoms with Gasteiger partial charge in [-0.15, -0.1) is 0 Å². The summed E-state index contributed by atoms with van der Waals surface area (Å²) in [5.74, 6) is 0.614. The van der Waals surface area contributed by atoms with Crippen LogP contribution in [0.5, 0.6) is 10.4 Å². The Balaban J connectivity index is 0.653. The van der Waals surface area contributed by atoms with Crippen LogP contribution >= 0.6 is 22.7 Å². The number of nitrogens with one attached hydrogen (secondary N) is 1. The number of esters is 1. The summed E-state index contributed by atoms with van der Waals surface area (Å²) in [5.41, 5.74) is 7.54. The first-order valence-corrected chi connectivity index (χ1v) is 28.5. The van der Waals surface area contributed by atoms with Crippen molar-refractivity contribution in [3.8, 4) is 32.6 Å². The van der Waals surface area contributed by atoms with Crippen molar-refractivity contribution in [2.45, 2.75) is 68.0 Å². The number of aryl methyl sites for hydroxylation is 2. The summed E-state index contributed by atoms with van der Waals surface area (Å²) < 4.78 is 70.3.